The molecule has 0 saturated heterocycles. The summed E-state index contributed by atoms with van der Waals surface area (Å²) >= 11 is 0. The molecule has 2 spiro atoms. The molecular formula is C104H76. The van der Waals surface area contributed by atoms with Crippen molar-refractivity contribution in [1.82, 2.24) is 0 Å². The first-order valence-electron chi connectivity index (χ1n) is 36.7. The van der Waals surface area contributed by atoms with Gasteiger partial charge in [0, 0.05) is 0 Å². The number of hydrogen-bond donors (Lipinski definition) is 0. The van der Waals surface area contributed by atoms with E-state index in [0.717, 1.165) is 0 Å². The minimum atomic E-state index is -0.263. The molecule has 16 aromatic rings. The second-order valence-electron chi connectivity index (χ2n) is 28.9. The van der Waals surface area contributed by atoms with E-state index in [0.29, 0.717) is 0 Å². The largest absolute Gasteiger partial charge is 0.0725 e. The van der Waals surface area contributed by atoms with Crippen LogP contribution in [-0.4, -0.2) is 0 Å². The second-order valence-corrected chi connectivity index (χ2v) is 28.9. The average molecular weight is 1330 g/mol. The molecule has 0 heterocycles. The minimum absolute atomic E-state index is 0.189. The average Bonchev–Trinajstić information content (AvgIpc) is 1.52. The third-order valence-electron chi connectivity index (χ3n) is 23.7. The van der Waals surface area contributed by atoms with Crippen molar-refractivity contribution in [1.29, 1.82) is 0 Å². The summed E-state index contributed by atoms with van der Waals surface area (Å²) in [6, 6.07) is 142. The third kappa shape index (κ3) is 8.85. The molecule has 0 fully saturated rings. The molecule has 0 saturated carbocycles. The summed E-state index contributed by atoms with van der Waals surface area (Å²) in [5.41, 5.74) is 43.0. The topological polar surface area (TPSA) is 0 Å². The fraction of sp³-hybridized carbons (Fsp3) is 0.0769. The summed E-state index contributed by atoms with van der Waals surface area (Å²) in [5, 5.41) is 0. The van der Waals surface area contributed by atoms with Crippen molar-refractivity contribution < 1.29 is 0 Å². The van der Waals surface area contributed by atoms with E-state index >= 15 is 0 Å². The first-order chi connectivity index (χ1) is 51.3. The maximum absolute atomic E-state index is 2.40. The van der Waals surface area contributed by atoms with E-state index < -0.39 is 0 Å². The predicted molar refractivity (Wildman–Crippen MR) is 432 cm³/mol. The van der Waals surface area contributed by atoms with Crippen LogP contribution in [0.3, 0.4) is 0 Å². The molecule has 0 bridgehead atoms. The van der Waals surface area contributed by atoms with Crippen molar-refractivity contribution in [2.45, 2.75) is 49.4 Å². The highest BCUT2D eigenvalue weighted by atomic mass is 14.6. The van der Waals surface area contributed by atoms with Gasteiger partial charge in [-0.05, 0) is 195 Å². The molecule has 22 rings (SSSR count). The molecule has 0 radical (unpaired) electrons. The van der Waals surface area contributed by atoms with Crippen LogP contribution in [0.1, 0.15) is 111 Å². The number of rotatable bonds is 4. The molecule has 6 aliphatic carbocycles. The highest BCUT2D eigenvalue weighted by molar-refractivity contribution is 5.98. The summed E-state index contributed by atoms with van der Waals surface area (Å²) in [5.74, 6) is 0. The minimum Gasteiger partial charge on any atom is -0.0622 e. The van der Waals surface area contributed by atoms with Crippen LogP contribution in [0.15, 0.2) is 388 Å². The third-order valence-corrected chi connectivity index (χ3v) is 23.7. The van der Waals surface area contributed by atoms with E-state index in [1.807, 2.05) is 0 Å². The van der Waals surface area contributed by atoms with Gasteiger partial charge in [-0.1, -0.05) is 399 Å². The number of benzene rings is 16. The van der Waals surface area contributed by atoms with Gasteiger partial charge in [-0.3, -0.25) is 0 Å². The molecule has 0 amide bonds. The van der Waals surface area contributed by atoms with Crippen LogP contribution in [-0.2, 0) is 21.7 Å². The Morgan fingerprint density at radius 1 is 0.144 bits per heavy atom. The van der Waals surface area contributed by atoms with Crippen molar-refractivity contribution in [3.05, 3.63) is 500 Å². The molecule has 0 nitrogen and oxygen atoms in total. The van der Waals surface area contributed by atoms with Gasteiger partial charge >= 0.3 is 0 Å². The maximum Gasteiger partial charge on any atom is 0.0725 e. The molecule has 0 N–H and O–H groups in total. The first-order valence-corrected chi connectivity index (χ1v) is 36.7. The Hall–Kier alpha value is -12.5. The maximum atomic E-state index is 2.40. The zero-order valence-corrected chi connectivity index (χ0v) is 59.0. The van der Waals surface area contributed by atoms with E-state index in [4.69, 9.17) is 0 Å². The van der Waals surface area contributed by atoms with Crippen LogP contribution in [0.5, 0.6) is 0 Å². The van der Waals surface area contributed by atoms with Crippen LogP contribution < -0.4 is 0 Å². The SMILES string of the molecule is Cc1ccc2c(c1)C(c1ccccc1)(c1ccccc1)c1ccccc1-2.Cc1ccc2c(c1)C1(c3ccccc3-c3ccccc31)c1ccccc1-2.Cc1cccc2c1-c1ccccc1C2(c1ccccc1)c1ccccc1.Cc1cccc2c1-c1ccccc1C21c2ccccc2-c2ccccc21. The molecule has 0 atom stereocenters. The van der Waals surface area contributed by atoms with E-state index in [9.17, 15) is 0 Å². The quantitative estimate of drug-likeness (QED) is 0.165. The van der Waals surface area contributed by atoms with Crippen molar-refractivity contribution in [2.24, 2.45) is 0 Å². The van der Waals surface area contributed by atoms with Gasteiger partial charge in [0.25, 0.3) is 0 Å². The van der Waals surface area contributed by atoms with E-state index in [1.165, 1.54) is 178 Å². The molecule has 492 valence electrons. The smallest absolute Gasteiger partial charge is 0.0622 e. The van der Waals surface area contributed by atoms with Gasteiger partial charge in [0.15, 0.2) is 0 Å². The normalized spacial score (nSPS) is 14.3. The van der Waals surface area contributed by atoms with Crippen LogP contribution in [0, 0.1) is 27.7 Å². The summed E-state index contributed by atoms with van der Waals surface area (Å²) in [6.45, 7) is 8.84. The highest BCUT2D eigenvalue weighted by Gasteiger charge is 2.54. The lowest BCUT2D eigenvalue weighted by molar-refractivity contribution is 0.767. The summed E-state index contributed by atoms with van der Waals surface area (Å²) in [7, 11) is 0. The molecule has 0 aromatic heterocycles. The summed E-state index contributed by atoms with van der Waals surface area (Å²) in [4.78, 5) is 0. The van der Waals surface area contributed by atoms with Crippen LogP contribution in [0.2, 0.25) is 0 Å². The zero-order chi connectivity index (χ0) is 69.7. The van der Waals surface area contributed by atoms with Gasteiger partial charge in [0.05, 0.1) is 21.7 Å². The Kier molecular flexibility index (Phi) is 14.8. The standard InChI is InChI=1S/2C26H18.2C26H20/c1-17-9-8-16-24-25(17)20-12-4-7-15-23(20)26(24)21-13-5-2-10-18(21)19-11-3-6-14-22(19)26;1-17-14-15-21-20-10-4-7-13-24(20)26(25(21)16-17)22-11-5-2-8-18(22)19-9-3-6-12-23(19)26;1-19-11-10-18-24-25(19)22-16-8-9-17-23(22)26(24,20-12-4-2-5-13-20)21-14-6-3-7-15-21;1-19-16-17-23-22-14-8-9-15-24(22)26(25(23)18-19,20-10-4-2-5-11-20)21-12-6-3-7-13-21/h2*2-16H,1H3;2*2-18H,1H3. The monoisotopic (exact) mass is 1320 g/mol. The molecule has 0 aliphatic heterocycles. The van der Waals surface area contributed by atoms with Gasteiger partial charge in [0.2, 0.25) is 0 Å². The van der Waals surface area contributed by atoms with Crippen molar-refractivity contribution in [3.8, 4) is 66.8 Å². The number of hydrogen-bond acceptors (Lipinski definition) is 0. The van der Waals surface area contributed by atoms with Gasteiger partial charge < -0.3 is 0 Å². The molecular weight excluding hydrogens is 1250 g/mol. The second kappa shape index (κ2) is 24.7. The molecule has 0 unspecified atom stereocenters. The predicted octanol–water partition coefficient (Wildman–Crippen LogP) is 25.4. The van der Waals surface area contributed by atoms with Crippen LogP contribution in [0.4, 0.5) is 0 Å². The fourth-order valence-electron chi connectivity index (χ4n) is 19.8. The van der Waals surface area contributed by atoms with Gasteiger partial charge in [0.1, 0.15) is 0 Å². The molecule has 0 heteroatoms. The Morgan fingerprint density at radius 3 is 0.663 bits per heavy atom. The van der Waals surface area contributed by atoms with E-state index in [-0.39, 0.29) is 21.7 Å². The van der Waals surface area contributed by atoms with E-state index in [2.05, 4.69) is 416 Å². The van der Waals surface area contributed by atoms with E-state index in [1.54, 1.807) is 0 Å². The highest BCUT2D eigenvalue weighted by Crippen LogP contribution is 2.66. The molecule has 104 heavy (non-hydrogen) atoms. The Balaban J connectivity index is 0.0000000954. The number of fused-ring (bicyclic) bond motifs is 26. The Morgan fingerprint density at radius 2 is 0.346 bits per heavy atom. The Bertz CT molecular complexity index is 5460. The lowest BCUT2D eigenvalue weighted by Gasteiger charge is -2.34. The molecule has 6 aliphatic rings. The number of aryl methyl sites for hydroxylation is 4. The van der Waals surface area contributed by atoms with Gasteiger partial charge in [-0.2, -0.15) is 0 Å². The fourth-order valence-corrected chi connectivity index (χ4v) is 19.8. The zero-order valence-electron chi connectivity index (χ0n) is 59.0. The van der Waals surface area contributed by atoms with Crippen molar-refractivity contribution in [3.63, 3.8) is 0 Å². The van der Waals surface area contributed by atoms with Gasteiger partial charge in [-0.25, -0.2) is 0 Å². The Labute approximate surface area is 611 Å². The van der Waals surface area contributed by atoms with Crippen LogP contribution in [0.25, 0.3) is 66.8 Å². The summed E-state index contributed by atoms with van der Waals surface area (Å²) < 4.78 is 0. The van der Waals surface area contributed by atoms with Crippen LogP contribution >= 0.6 is 0 Å². The van der Waals surface area contributed by atoms with Crippen molar-refractivity contribution >= 4 is 0 Å². The molecule has 16 aromatic carbocycles. The lowest BCUT2D eigenvalue weighted by Crippen LogP contribution is -2.28. The first kappa shape index (κ1) is 62.5. The lowest BCUT2D eigenvalue weighted by atomic mass is 9.67. The summed E-state index contributed by atoms with van der Waals surface area (Å²) in [6.07, 6.45) is 0. The van der Waals surface area contributed by atoms with Gasteiger partial charge in [-0.15, -0.1) is 0 Å². The van der Waals surface area contributed by atoms with Crippen molar-refractivity contribution in [2.75, 3.05) is 0 Å².